The molecule has 1 aliphatic heterocycles. The Balaban J connectivity index is 1.66. The van der Waals surface area contributed by atoms with Crippen molar-refractivity contribution in [2.75, 3.05) is 0 Å². The number of hydrogen-bond acceptors (Lipinski definition) is 5. The van der Waals surface area contributed by atoms with Crippen LogP contribution >= 0.6 is 23.2 Å². The first kappa shape index (κ1) is 19.2. The number of nitrogens with zero attached hydrogens (tertiary/aromatic N) is 1. The van der Waals surface area contributed by atoms with Crippen molar-refractivity contribution in [2.24, 2.45) is 0 Å². The summed E-state index contributed by atoms with van der Waals surface area (Å²) in [4.78, 5) is 28.9. The highest BCUT2D eigenvalue weighted by atomic mass is 35.5. The number of carbonyl (C=O) groups is 2. The lowest BCUT2D eigenvalue weighted by molar-refractivity contribution is 0.0732. The smallest absolute Gasteiger partial charge is 0.345 e. The average Bonchev–Trinajstić information content (AvgIpc) is 3.04. The standard InChI is InChI=1S/C22H13Cl2NO4/c1-12-18(29-22(27)13-4-3-9-25-11-13)8-7-14-20(26)19(28-21(12)14)10-15-16(23)5-2-6-17(15)24/h2-11H,1H3/b19-10-. The first-order valence-electron chi connectivity index (χ1n) is 8.60. The molecule has 0 fully saturated rings. The molecule has 0 saturated carbocycles. The molecular weight excluding hydrogens is 413 g/mol. The fraction of sp³-hybridized carbons (Fsp3) is 0.0455. The molecule has 0 N–H and O–H groups in total. The van der Waals surface area contributed by atoms with Gasteiger partial charge in [0.05, 0.1) is 11.1 Å². The number of allylic oxidation sites excluding steroid dienone is 1. The number of carbonyl (C=O) groups excluding carboxylic acids is 2. The van der Waals surface area contributed by atoms with E-state index in [0.29, 0.717) is 43.8 Å². The van der Waals surface area contributed by atoms with Crippen LogP contribution in [0.3, 0.4) is 0 Å². The zero-order valence-electron chi connectivity index (χ0n) is 15.1. The van der Waals surface area contributed by atoms with E-state index in [1.165, 1.54) is 12.3 Å². The van der Waals surface area contributed by atoms with Crippen molar-refractivity contribution in [1.82, 2.24) is 4.98 Å². The van der Waals surface area contributed by atoms with Gasteiger partial charge in [0.25, 0.3) is 0 Å². The van der Waals surface area contributed by atoms with Gasteiger partial charge in [-0.3, -0.25) is 9.78 Å². The molecule has 0 amide bonds. The average molecular weight is 426 g/mol. The highest BCUT2D eigenvalue weighted by molar-refractivity contribution is 6.37. The van der Waals surface area contributed by atoms with Crippen molar-refractivity contribution in [3.63, 3.8) is 0 Å². The number of aromatic nitrogens is 1. The number of benzene rings is 2. The number of pyridine rings is 1. The molecule has 29 heavy (non-hydrogen) atoms. The van der Waals surface area contributed by atoms with Gasteiger partial charge in [-0.15, -0.1) is 0 Å². The molecule has 0 atom stereocenters. The van der Waals surface area contributed by atoms with Crippen molar-refractivity contribution in [3.05, 3.63) is 92.9 Å². The number of fused-ring (bicyclic) bond motifs is 1. The quantitative estimate of drug-likeness (QED) is 0.313. The summed E-state index contributed by atoms with van der Waals surface area (Å²) < 4.78 is 11.2. The minimum atomic E-state index is -0.552. The van der Waals surface area contributed by atoms with Gasteiger partial charge in [-0.25, -0.2) is 4.79 Å². The fourth-order valence-electron chi connectivity index (χ4n) is 2.90. The SMILES string of the molecule is Cc1c(OC(=O)c2cccnc2)ccc2c1O/C(=C\c1c(Cl)cccc1Cl)C2=O. The first-order valence-corrected chi connectivity index (χ1v) is 9.35. The van der Waals surface area contributed by atoms with Gasteiger partial charge in [-0.05, 0) is 49.4 Å². The molecule has 7 heteroatoms. The van der Waals surface area contributed by atoms with E-state index in [0.717, 1.165) is 0 Å². The zero-order chi connectivity index (χ0) is 20.5. The minimum absolute atomic E-state index is 0.0915. The van der Waals surface area contributed by atoms with Crippen LogP contribution in [0.5, 0.6) is 11.5 Å². The molecule has 1 aromatic heterocycles. The van der Waals surface area contributed by atoms with Gasteiger partial charge < -0.3 is 9.47 Å². The van der Waals surface area contributed by atoms with Crippen LogP contribution in [0.1, 0.15) is 31.8 Å². The molecule has 3 aromatic rings. The van der Waals surface area contributed by atoms with Crippen LogP contribution in [-0.2, 0) is 0 Å². The third kappa shape index (κ3) is 3.62. The van der Waals surface area contributed by atoms with E-state index in [1.54, 1.807) is 55.6 Å². The van der Waals surface area contributed by atoms with E-state index in [1.807, 2.05) is 0 Å². The van der Waals surface area contributed by atoms with E-state index in [2.05, 4.69) is 4.98 Å². The van der Waals surface area contributed by atoms with E-state index < -0.39 is 5.97 Å². The predicted molar refractivity (Wildman–Crippen MR) is 110 cm³/mol. The normalized spacial score (nSPS) is 13.9. The van der Waals surface area contributed by atoms with Crippen molar-refractivity contribution >= 4 is 41.0 Å². The molecule has 0 aliphatic carbocycles. The van der Waals surface area contributed by atoms with E-state index >= 15 is 0 Å². The van der Waals surface area contributed by atoms with Crippen LogP contribution in [0.25, 0.3) is 6.08 Å². The predicted octanol–water partition coefficient (Wildman–Crippen LogP) is 5.53. The zero-order valence-corrected chi connectivity index (χ0v) is 16.6. The Kier molecular flexibility index (Phi) is 5.09. The van der Waals surface area contributed by atoms with Gasteiger partial charge in [0.2, 0.25) is 5.78 Å². The maximum atomic E-state index is 12.7. The van der Waals surface area contributed by atoms with Gasteiger partial charge >= 0.3 is 5.97 Å². The van der Waals surface area contributed by atoms with Crippen LogP contribution in [0.2, 0.25) is 10.0 Å². The number of Topliss-reactive ketones (excluding diaryl/α,β-unsaturated/α-hetero) is 1. The Morgan fingerprint density at radius 3 is 2.55 bits per heavy atom. The van der Waals surface area contributed by atoms with E-state index in [4.69, 9.17) is 32.7 Å². The molecule has 0 bridgehead atoms. The maximum Gasteiger partial charge on any atom is 0.345 e. The molecule has 0 saturated heterocycles. The molecule has 2 heterocycles. The summed E-state index contributed by atoms with van der Waals surface area (Å²) in [5.74, 6) is -0.134. The lowest BCUT2D eigenvalue weighted by atomic mass is 10.1. The number of ether oxygens (including phenoxy) is 2. The highest BCUT2D eigenvalue weighted by Gasteiger charge is 2.31. The number of ketones is 1. The monoisotopic (exact) mass is 425 g/mol. The number of hydrogen-bond donors (Lipinski definition) is 0. The lowest BCUT2D eigenvalue weighted by Gasteiger charge is -2.10. The molecule has 144 valence electrons. The largest absolute Gasteiger partial charge is 0.452 e. The second kappa shape index (κ2) is 7.70. The number of halogens is 2. The highest BCUT2D eigenvalue weighted by Crippen LogP contribution is 2.40. The van der Waals surface area contributed by atoms with Gasteiger partial charge in [0.1, 0.15) is 11.5 Å². The van der Waals surface area contributed by atoms with E-state index in [-0.39, 0.29) is 11.5 Å². The maximum absolute atomic E-state index is 12.7. The summed E-state index contributed by atoms with van der Waals surface area (Å²) >= 11 is 12.4. The van der Waals surface area contributed by atoms with Crippen LogP contribution < -0.4 is 9.47 Å². The van der Waals surface area contributed by atoms with Gasteiger partial charge in [-0.1, -0.05) is 29.3 Å². The Labute approximate surface area is 176 Å². The van der Waals surface area contributed by atoms with Gasteiger partial charge in [-0.2, -0.15) is 0 Å². The molecule has 2 aromatic carbocycles. The molecular formula is C22H13Cl2NO4. The van der Waals surface area contributed by atoms with Crippen molar-refractivity contribution in [1.29, 1.82) is 0 Å². The fourth-order valence-corrected chi connectivity index (χ4v) is 3.41. The summed E-state index contributed by atoms with van der Waals surface area (Å²) in [6, 6.07) is 11.4. The van der Waals surface area contributed by atoms with E-state index in [9.17, 15) is 9.59 Å². The van der Waals surface area contributed by atoms with Gasteiger partial charge in [0.15, 0.2) is 5.76 Å². The third-order valence-electron chi connectivity index (χ3n) is 4.41. The Morgan fingerprint density at radius 2 is 1.86 bits per heavy atom. The molecule has 4 rings (SSSR count). The topological polar surface area (TPSA) is 65.5 Å². The molecule has 0 unspecified atom stereocenters. The summed E-state index contributed by atoms with van der Waals surface area (Å²) in [6.45, 7) is 1.71. The van der Waals surface area contributed by atoms with Crippen LogP contribution in [-0.4, -0.2) is 16.7 Å². The second-order valence-electron chi connectivity index (χ2n) is 6.27. The van der Waals surface area contributed by atoms with Crippen LogP contribution in [0, 0.1) is 6.92 Å². The number of esters is 1. The number of rotatable bonds is 3. The first-order chi connectivity index (χ1) is 14.0. The Hall–Kier alpha value is -3.15. The molecule has 1 aliphatic rings. The Bertz CT molecular complexity index is 1150. The van der Waals surface area contributed by atoms with Crippen LogP contribution in [0.4, 0.5) is 0 Å². The summed E-state index contributed by atoms with van der Waals surface area (Å²) in [6.07, 6.45) is 4.49. The summed E-state index contributed by atoms with van der Waals surface area (Å²) in [5, 5.41) is 0.806. The van der Waals surface area contributed by atoms with Crippen molar-refractivity contribution in [3.8, 4) is 11.5 Å². The van der Waals surface area contributed by atoms with Gasteiger partial charge in [0, 0.05) is 33.6 Å². The van der Waals surface area contributed by atoms with Crippen molar-refractivity contribution in [2.45, 2.75) is 6.92 Å². The summed E-state index contributed by atoms with van der Waals surface area (Å²) in [7, 11) is 0. The second-order valence-corrected chi connectivity index (χ2v) is 7.09. The lowest BCUT2D eigenvalue weighted by Crippen LogP contribution is -2.09. The summed E-state index contributed by atoms with van der Waals surface area (Å²) in [5.41, 5.74) is 1.71. The molecule has 0 radical (unpaired) electrons. The third-order valence-corrected chi connectivity index (χ3v) is 5.07. The molecule has 5 nitrogen and oxygen atoms in total. The molecule has 0 spiro atoms. The Morgan fingerprint density at radius 1 is 1.10 bits per heavy atom. The minimum Gasteiger partial charge on any atom is -0.452 e. The van der Waals surface area contributed by atoms with Crippen molar-refractivity contribution < 1.29 is 19.1 Å². The van der Waals surface area contributed by atoms with Crippen LogP contribution in [0.15, 0.2) is 60.6 Å².